The first kappa shape index (κ1) is 27.3. The van der Waals surface area contributed by atoms with Crippen LogP contribution in [0.15, 0.2) is 24.4 Å². The standard InChI is InChI=1S/C25H44N4O4/c1-2-3-16-29(24(31)11-9-15-27-13-6-4-7-14-27)23(10-5-8-20-30)25(32)26-12-17-28-18-21-33-22-19-28/h4,6-7,13,23,30H,2-3,5,8-12,14-22H2,1H3,(H,26,32). The Morgan fingerprint density at radius 2 is 1.94 bits per heavy atom. The molecule has 0 bridgehead atoms. The van der Waals surface area contributed by atoms with E-state index in [2.05, 4.69) is 34.3 Å². The third-order valence-corrected chi connectivity index (χ3v) is 6.19. The smallest absolute Gasteiger partial charge is 0.242 e. The van der Waals surface area contributed by atoms with E-state index in [-0.39, 0.29) is 18.4 Å². The molecule has 1 unspecified atom stereocenters. The van der Waals surface area contributed by atoms with Crippen LogP contribution >= 0.6 is 0 Å². The minimum absolute atomic E-state index is 0.0531. The van der Waals surface area contributed by atoms with Crippen LogP contribution in [0, 0.1) is 0 Å². The Morgan fingerprint density at radius 3 is 2.64 bits per heavy atom. The average molecular weight is 465 g/mol. The van der Waals surface area contributed by atoms with E-state index in [1.165, 1.54) is 0 Å². The average Bonchev–Trinajstić information content (AvgIpc) is 2.84. The number of hydrogen-bond donors (Lipinski definition) is 2. The van der Waals surface area contributed by atoms with Gasteiger partial charge >= 0.3 is 0 Å². The van der Waals surface area contributed by atoms with E-state index in [1.54, 1.807) is 4.90 Å². The third kappa shape index (κ3) is 10.7. The van der Waals surface area contributed by atoms with Gasteiger partial charge in [-0.25, -0.2) is 0 Å². The molecule has 0 radical (unpaired) electrons. The number of nitrogens with zero attached hydrogens (tertiary/aromatic N) is 3. The van der Waals surface area contributed by atoms with Crippen molar-refractivity contribution in [3.8, 4) is 0 Å². The molecule has 0 aromatic rings. The minimum atomic E-state index is -0.474. The van der Waals surface area contributed by atoms with Crippen LogP contribution in [0.3, 0.4) is 0 Å². The summed E-state index contributed by atoms with van der Waals surface area (Å²) in [5.74, 6) is -0.0212. The van der Waals surface area contributed by atoms with Gasteiger partial charge in [0.15, 0.2) is 0 Å². The first-order chi connectivity index (χ1) is 16.2. The minimum Gasteiger partial charge on any atom is -0.396 e. The number of nitrogens with one attached hydrogen (secondary N) is 1. The number of rotatable bonds is 16. The zero-order chi connectivity index (χ0) is 23.7. The molecule has 1 saturated heterocycles. The summed E-state index contributed by atoms with van der Waals surface area (Å²) in [5.41, 5.74) is 0. The summed E-state index contributed by atoms with van der Waals surface area (Å²) in [4.78, 5) is 32.7. The second-order valence-corrected chi connectivity index (χ2v) is 8.79. The van der Waals surface area contributed by atoms with Gasteiger partial charge in [0.2, 0.25) is 11.8 Å². The number of carbonyl (C=O) groups is 2. The molecule has 0 saturated carbocycles. The van der Waals surface area contributed by atoms with Crippen molar-refractivity contribution in [3.63, 3.8) is 0 Å². The Bertz CT molecular complexity index is 620. The van der Waals surface area contributed by atoms with Gasteiger partial charge in [0.1, 0.15) is 6.04 Å². The molecular weight excluding hydrogens is 420 g/mol. The molecule has 2 N–H and O–H groups in total. The molecule has 1 atom stereocenters. The molecule has 0 aromatic heterocycles. The molecule has 0 spiro atoms. The summed E-state index contributed by atoms with van der Waals surface area (Å²) in [5, 5.41) is 12.3. The first-order valence-electron chi connectivity index (χ1n) is 12.7. The van der Waals surface area contributed by atoms with E-state index in [0.717, 1.165) is 71.6 Å². The topological polar surface area (TPSA) is 85.3 Å². The Labute approximate surface area is 199 Å². The van der Waals surface area contributed by atoms with E-state index >= 15 is 0 Å². The number of morpholine rings is 1. The second-order valence-electron chi connectivity index (χ2n) is 8.79. The van der Waals surface area contributed by atoms with Crippen LogP contribution in [0.25, 0.3) is 0 Å². The van der Waals surface area contributed by atoms with Gasteiger partial charge in [-0.1, -0.05) is 25.5 Å². The number of hydrogen-bond acceptors (Lipinski definition) is 6. The quantitative estimate of drug-likeness (QED) is 0.339. The highest BCUT2D eigenvalue weighted by Crippen LogP contribution is 2.14. The fourth-order valence-electron chi connectivity index (χ4n) is 4.19. The van der Waals surface area contributed by atoms with Crippen molar-refractivity contribution in [2.24, 2.45) is 0 Å². The second kappa shape index (κ2) is 16.7. The van der Waals surface area contributed by atoms with Crippen molar-refractivity contribution in [1.29, 1.82) is 0 Å². The normalized spacial score (nSPS) is 17.2. The Morgan fingerprint density at radius 1 is 1.12 bits per heavy atom. The fourth-order valence-corrected chi connectivity index (χ4v) is 4.19. The van der Waals surface area contributed by atoms with Crippen LogP contribution in [-0.4, -0.2) is 103 Å². The van der Waals surface area contributed by atoms with Gasteiger partial charge in [0.25, 0.3) is 0 Å². The van der Waals surface area contributed by atoms with Crippen LogP contribution in [0.5, 0.6) is 0 Å². The van der Waals surface area contributed by atoms with Crippen molar-refractivity contribution in [2.75, 3.05) is 65.6 Å². The van der Waals surface area contributed by atoms with Crippen molar-refractivity contribution in [1.82, 2.24) is 20.0 Å². The van der Waals surface area contributed by atoms with E-state index in [1.807, 2.05) is 12.2 Å². The molecule has 2 aliphatic rings. The number of ether oxygens (including phenoxy) is 1. The summed E-state index contributed by atoms with van der Waals surface area (Å²) in [6.07, 6.45) is 13.2. The predicted octanol–water partition coefficient (Wildman–Crippen LogP) is 1.76. The fraction of sp³-hybridized carbons (Fsp3) is 0.760. The summed E-state index contributed by atoms with van der Waals surface area (Å²) in [6, 6.07) is -0.474. The number of allylic oxidation sites excluding steroid dienone is 2. The lowest BCUT2D eigenvalue weighted by molar-refractivity contribution is -0.141. The molecule has 188 valence electrons. The summed E-state index contributed by atoms with van der Waals surface area (Å²) >= 11 is 0. The van der Waals surface area contributed by atoms with E-state index in [9.17, 15) is 14.7 Å². The zero-order valence-electron chi connectivity index (χ0n) is 20.4. The number of amides is 2. The van der Waals surface area contributed by atoms with Crippen LogP contribution in [0.1, 0.15) is 51.9 Å². The van der Waals surface area contributed by atoms with Gasteiger partial charge < -0.3 is 25.0 Å². The van der Waals surface area contributed by atoms with E-state index in [4.69, 9.17) is 4.74 Å². The lowest BCUT2D eigenvalue weighted by Gasteiger charge is -2.32. The van der Waals surface area contributed by atoms with E-state index in [0.29, 0.717) is 32.4 Å². The van der Waals surface area contributed by atoms with Gasteiger partial charge in [0, 0.05) is 58.8 Å². The Balaban J connectivity index is 1.92. The van der Waals surface area contributed by atoms with Crippen molar-refractivity contribution < 1.29 is 19.4 Å². The SMILES string of the molecule is CCCCN(C(=O)CCCN1C=CC=CC1)C(CCCCO)C(=O)NCCN1CCOCC1. The molecule has 2 aliphatic heterocycles. The van der Waals surface area contributed by atoms with Crippen LogP contribution in [-0.2, 0) is 14.3 Å². The maximum absolute atomic E-state index is 13.2. The lowest BCUT2D eigenvalue weighted by atomic mass is 10.0. The van der Waals surface area contributed by atoms with Crippen molar-refractivity contribution in [2.45, 2.75) is 57.9 Å². The molecule has 2 rings (SSSR count). The predicted molar refractivity (Wildman–Crippen MR) is 131 cm³/mol. The molecule has 0 aliphatic carbocycles. The number of aliphatic hydroxyl groups is 1. The van der Waals surface area contributed by atoms with Crippen molar-refractivity contribution >= 4 is 11.8 Å². The highest BCUT2D eigenvalue weighted by molar-refractivity contribution is 5.87. The van der Waals surface area contributed by atoms with Gasteiger partial charge in [-0.05, 0) is 44.4 Å². The van der Waals surface area contributed by atoms with Crippen LogP contribution < -0.4 is 5.32 Å². The monoisotopic (exact) mass is 464 g/mol. The summed E-state index contributed by atoms with van der Waals surface area (Å²) < 4.78 is 5.38. The maximum Gasteiger partial charge on any atom is 0.242 e. The highest BCUT2D eigenvalue weighted by Gasteiger charge is 2.29. The molecule has 8 nitrogen and oxygen atoms in total. The van der Waals surface area contributed by atoms with Crippen LogP contribution in [0.2, 0.25) is 0 Å². The molecule has 33 heavy (non-hydrogen) atoms. The lowest BCUT2D eigenvalue weighted by Crippen LogP contribution is -2.51. The number of carbonyl (C=O) groups excluding carboxylic acids is 2. The molecule has 0 aromatic carbocycles. The summed E-state index contributed by atoms with van der Waals surface area (Å²) in [6.45, 7) is 9.11. The Kier molecular flexibility index (Phi) is 13.8. The molecule has 2 amide bonds. The van der Waals surface area contributed by atoms with Gasteiger partial charge in [-0.2, -0.15) is 0 Å². The molecule has 8 heteroatoms. The van der Waals surface area contributed by atoms with Crippen LogP contribution in [0.4, 0.5) is 0 Å². The van der Waals surface area contributed by atoms with Gasteiger partial charge in [-0.15, -0.1) is 0 Å². The largest absolute Gasteiger partial charge is 0.396 e. The van der Waals surface area contributed by atoms with Crippen molar-refractivity contribution in [3.05, 3.63) is 24.4 Å². The first-order valence-corrected chi connectivity index (χ1v) is 12.7. The van der Waals surface area contributed by atoms with E-state index < -0.39 is 6.04 Å². The third-order valence-electron chi connectivity index (χ3n) is 6.19. The van der Waals surface area contributed by atoms with Gasteiger partial charge in [-0.3, -0.25) is 14.5 Å². The molecule has 2 heterocycles. The molecule has 1 fully saturated rings. The molecular formula is C25H44N4O4. The number of unbranched alkanes of at least 4 members (excludes halogenated alkanes) is 2. The summed E-state index contributed by atoms with van der Waals surface area (Å²) in [7, 11) is 0. The highest BCUT2D eigenvalue weighted by atomic mass is 16.5. The Hall–Kier alpha value is -1.90. The number of aliphatic hydroxyl groups excluding tert-OH is 1. The zero-order valence-corrected chi connectivity index (χ0v) is 20.4. The van der Waals surface area contributed by atoms with Gasteiger partial charge in [0.05, 0.1) is 13.2 Å². The maximum atomic E-state index is 13.2.